The molecule has 16 heavy (non-hydrogen) atoms. The lowest BCUT2D eigenvalue weighted by molar-refractivity contribution is 0.528. The molecule has 1 aromatic heterocycles. The summed E-state index contributed by atoms with van der Waals surface area (Å²) in [5.41, 5.74) is 1.74. The van der Waals surface area contributed by atoms with Gasteiger partial charge in [0.2, 0.25) is 0 Å². The van der Waals surface area contributed by atoms with Crippen LogP contribution in [-0.4, -0.2) is 10.2 Å². The smallest absolute Gasteiger partial charge is 0.127 e. The molecule has 0 bridgehead atoms. The van der Waals surface area contributed by atoms with Crippen molar-refractivity contribution in [2.75, 3.05) is 0 Å². The third-order valence-corrected chi connectivity index (χ3v) is 2.54. The molecule has 0 amide bonds. The summed E-state index contributed by atoms with van der Waals surface area (Å²) < 4.78 is 13.4. The van der Waals surface area contributed by atoms with E-state index in [1.54, 1.807) is 18.3 Å². The van der Waals surface area contributed by atoms with E-state index in [9.17, 15) is 4.39 Å². The molecule has 2 rings (SSSR count). The maximum Gasteiger partial charge on any atom is 0.127 e. The van der Waals surface area contributed by atoms with Gasteiger partial charge in [-0.25, -0.2) is 4.39 Å². The van der Waals surface area contributed by atoms with Gasteiger partial charge in [0, 0.05) is 29.9 Å². The van der Waals surface area contributed by atoms with Gasteiger partial charge in [0.1, 0.15) is 5.82 Å². The maximum absolute atomic E-state index is 13.4. The number of benzene rings is 1. The van der Waals surface area contributed by atoms with Gasteiger partial charge in [0.15, 0.2) is 0 Å². The molecule has 3 nitrogen and oxygen atoms in total. The number of aromatic amines is 1. The highest BCUT2D eigenvalue weighted by atomic mass is 19.1. The van der Waals surface area contributed by atoms with Gasteiger partial charge < -0.3 is 5.32 Å². The van der Waals surface area contributed by atoms with E-state index in [4.69, 9.17) is 0 Å². The molecule has 1 aromatic carbocycles. The summed E-state index contributed by atoms with van der Waals surface area (Å²) in [7, 11) is 0. The van der Waals surface area contributed by atoms with Gasteiger partial charge >= 0.3 is 0 Å². The van der Waals surface area contributed by atoms with Crippen molar-refractivity contribution in [3.63, 3.8) is 0 Å². The normalized spacial score (nSPS) is 12.6. The molecule has 1 unspecified atom stereocenters. The van der Waals surface area contributed by atoms with Crippen LogP contribution >= 0.6 is 0 Å². The minimum absolute atomic E-state index is 0.0175. The molecule has 0 aliphatic rings. The van der Waals surface area contributed by atoms with E-state index in [1.165, 1.54) is 6.07 Å². The van der Waals surface area contributed by atoms with Crippen molar-refractivity contribution in [3.8, 4) is 0 Å². The molecule has 0 fully saturated rings. The largest absolute Gasteiger partial charge is 0.306 e. The molecular weight excluding hydrogens is 205 g/mol. The molecule has 0 radical (unpaired) electrons. The second-order valence-electron chi connectivity index (χ2n) is 3.73. The lowest BCUT2D eigenvalue weighted by Gasteiger charge is -2.14. The summed E-state index contributed by atoms with van der Waals surface area (Å²) in [5.74, 6) is -0.172. The lowest BCUT2D eigenvalue weighted by Crippen LogP contribution is -2.18. The van der Waals surface area contributed by atoms with Gasteiger partial charge in [-0.05, 0) is 13.0 Å². The number of halogens is 1. The van der Waals surface area contributed by atoms with E-state index in [-0.39, 0.29) is 11.9 Å². The van der Waals surface area contributed by atoms with Gasteiger partial charge in [-0.1, -0.05) is 18.2 Å². The van der Waals surface area contributed by atoms with Crippen LogP contribution in [0, 0.1) is 5.82 Å². The Hall–Kier alpha value is -1.68. The third kappa shape index (κ3) is 2.46. The molecule has 84 valence electrons. The number of hydrogen-bond acceptors (Lipinski definition) is 2. The molecule has 0 saturated heterocycles. The maximum atomic E-state index is 13.4. The van der Waals surface area contributed by atoms with Crippen LogP contribution in [-0.2, 0) is 6.54 Å². The summed E-state index contributed by atoms with van der Waals surface area (Å²) in [4.78, 5) is 0. The first-order valence-electron chi connectivity index (χ1n) is 5.23. The topological polar surface area (TPSA) is 40.7 Å². The number of rotatable bonds is 4. The van der Waals surface area contributed by atoms with Crippen LogP contribution in [0.3, 0.4) is 0 Å². The van der Waals surface area contributed by atoms with Crippen LogP contribution in [0.2, 0.25) is 0 Å². The number of nitrogens with one attached hydrogen (secondary N) is 2. The molecule has 1 atom stereocenters. The van der Waals surface area contributed by atoms with Crippen molar-refractivity contribution in [1.29, 1.82) is 0 Å². The Kier molecular flexibility index (Phi) is 3.31. The summed E-state index contributed by atoms with van der Waals surface area (Å²) in [6, 6.07) is 6.79. The monoisotopic (exact) mass is 219 g/mol. The Bertz CT molecular complexity index is 439. The number of hydrogen-bond donors (Lipinski definition) is 2. The van der Waals surface area contributed by atoms with Crippen molar-refractivity contribution in [3.05, 3.63) is 53.6 Å². The van der Waals surface area contributed by atoms with Crippen LogP contribution in [0.1, 0.15) is 24.1 Å². The minimum atomic E-state index is -0.172. The van der Waals surface area contributed by atoms with Crippen molar-refractivity contribution in [2.24, 2.45) is 0 Å². The van der Waals surface area contributed by atoms with E-state index >= 15 is 0 Å². The van der Waals surface area contributed by atoms with Crippen LogP contribution in [0.4, 0.5) is 4.39 Å². The van der Waals surface area contributed by atoms with Crippen molar-refractivity contribution >= 4 is 0 Å². The van der Waals surface area contributed by atoms with Crippen molar-refractivity contribution in [2.45, 2.75) is 19.5 Å². The molecule has 2 N–H and O–H groups in total. The molecular formula is C12H14FN3. The fourth-order valence-corrected chi connectivity index (χ4v) is 1.58. The first kappa shape index (κ1) is 10.8. The Morgan fingerprint density at radius 2 is 2.25 bits per heavy atom. The van der Waals surface area contributed by atoms with Gasteiger partial charge in [-0.2, -0.15) is 5.10 Å². The molecule has 0 aliphatic heterocycles. The molecule has 1 heterocycles. The molecule has 2 aromatic rings. The highest BCUT2D eigenvalue weighted by molar-refractivity contribution is 5.20. The Balaban J connectivity index is 1.98. The molecule has 0 spiro atoms. The number of aromatic nitrogens is 2. The van der Waals surface area contributed by atoms with E-state index in [0.717, 1.165) is 5.56 Å². The fraction of sp³-hybridized carbons (Fsp3) is 0.250. The highest BCUT2D eigenvalue weighted by Crippen LogP contribution is 2.16. The quantitative estimate of drug-likeness (QED) is 0.829. The standard InChI is InChI=1S/C12H14FN3/c1-9(11-4-2-3-5-12(11)13)14-6-10-7-15-16-8-10/h2-5,7-9,14H,6H2,1H3,(H,15,16). The second kappa shape index (κ2) is 4.90. The Labute approximate surface area is 93.7 Å². The lowest BCUT2D eigenvalue weighted by atomic mass is 10.1. The predicted octanol–water partition coefficient (Wildman–Crippen LogP) is 2.40. The predicted molar refractivity (Wildman–Crippen MR) is 60.2 cm³/mol. The second-order valence-corrected chi connectivity index (χ2v) is 3.73. The van der Waals surface area contributed by atoms with Crippen molar-refractivity contribution < 1.29 is 4.39 Å². The first-order chi connectivity index (χ1) is 7.77. The fourth-order valence-electron chi connectivity index (χ4n) is 1.58. The van der Waals surface area contributed by atoms with Crippen LogP contribution in [0.25, 0.3) is 0 Å². The van der Waals surface area contributed by atoms with Crippen LogP contribution in [0.15, 0.2) is 36.7 Å². The number of nitrogens with zero attached hydrogens (tertiary/aromatic N) is 1. The van der Waals surface area contributed by atoms with Gasteiger partial charge in [-0.3, -0.25) is 5.10 Å². The molecule has 0 aliphatic carbocycles. The van der Waals surface area contributed by atoms with Gasteiger partial charge in [0.05, 0.1) is 6.20 Å². The van der Waals surface area contributed by atoms with E-state index < -0.39 is 0 Å². The first-order valence-corrected chi connectivity index (χ1v) is 5.23. The van der Waals surface area contributed by atoms with Gasteiger partial charge in [0.25, 0.3) is 0 Å². The van der Waals surface area contributed by atoms with E-state index in [2.05, 4.69) is 15.5 Å². The Morgan fingerprint density at radius 1 is 1.44 bits per heavy atom. The highest BCUT2D eigenvalue weighted by Gasteiger charge is 2.09. The third-order valence-electron chi connectivity index (χ3n) is 2.54. The zero-order valence-electron chi connectivity index (χ0n) is 9.07. The molecule has 4 heteroatoms. The zero-order chi connectivity index (χ0) is 11.4. The average Bonchev–Trinajstić information content (AvgIpc) is 2.79. The average molecular weight is 219 g/mol. The summed E-state index contributed by atoms with van der Waals surface area (Å²) >= 11 is 0. The summed E-state index contributed by atoms with van der Waals surface area (Å²) in [6.45, 7) is 2.62. The zero-order valence-corrected chi connectivity index (χ0v) is 9.07. The van der Waals surface area contributed by atoms with E-state index in [1.807, 2.05) is 19.2 Å². The van der Waals surface area contributed by atoms with Crippen LogP contribution < -0.4 is 5.32 Å². The molecule has 0 saturated carbocycles. The van der Waals surface area contributed by atoms with Crippen molar-refractivity contribution in [1.82, 2.24) is 15.5 Å². The van der Waals surface area contributed by atoms with E-state index in [0.29, 0.717) is 12.1 Å². The van der Waals surface area contributed by atoms with Crippen LogP contribution in [0.5, 0.6) is 0 Å². The Morgan fingerprint density at radius 3 is 2.94 bits per heavy atom. The summed E-state index contributed by atoms with van der Waals surface area (Å²) in [6.07, 6.45) is 3.57. The number of H-pyrrole nitrogens is 1. The summed E-state index contributed by atoms with van der Waals surface area (Å²) in [5, 5.41) is 9.83. The van der Waals surface area contributed by atoms with Gasteiger partial charge in [-0.15, -0.1) is 0 Å². The minimum Gasteiger partial charge on any atom is -0.306 e. The SMILES string of the molecule is CC(NCc1cn[nH]c1)c1ccccc1F.